The van der Waals surface area contributed by atoms with Crippen LogP contribution in [-0.2, 0) is 33.6 Å². The normalized spacial score (nSPS) is 10.3. The van der Waals surface area contributed by atoms with Gasteiger partial charge >= 0.3 is 24.1 Å². The Morgan fingerprint density at radius 2 is 1.08 bits per heavy atom. The van der Waals surface area contributed by atoms with Crippen LogP contribution in [0.2, 0.25) is 0 Å². The first-order chi connectivity index (χ1) is 24.8. The summed E-state index contributed by atoms with van der Waals surface area (Å²) in [7, 11) is 0. The van der Waals surface area contributed by atoms with E-state index in [0.29, 0.717) is 60.9 Å². The molecule has 0 atom stereocenters. The number of rotatable bonds is 23. The molecule has 0 N–H and O–H groups in total. The van der Waals surface area contributed by atoms with Crippen molar-refractivity contribution in [3.05, 3.63) is 103 Å². The molecule has 0 saturated carbocycles. The summed E-state index contributed by atoms with van der Waals surface area (Å²) in [5.41, 5.74) is 0.900. The van der Waals surface area contributed by atoms with Gasteiger partial charge in [0.2, 0.25) is 13.6 Å². The topological polar surface area (TPSA) is 161 Å². The van der Waals surface area contributed by atoms with E-state index in [9.17, 15) is 19.2 Å². The van der Waals surface area contributed by atoms with E-state index in [1.807, 2.05) is 0 Å². The molecule has 0 heterocycles. The highest BCUT2D eigenvalue weighted by Crippen LogP contribution is 2.25. The van der Waals surface area contributed by atoms with Gasteiger partial charge < -0.3 is 37.9 Å². The van der Waals surface area contributed by atoms with E-state index in [1.54, 1.807) is 49.4 Å². The Balaban J connectivity index is 1.30. The minimum atomic E-state index is -0.899. The van der Waals surface area contributed by atoms with Crippen LogP contribution in [0, 0.1) is 6.92 Å². The largest absolute Gasteiger partial charge is 0.513 e. The Kier molecular flexibility index (Phi) is 17.6. The first kappa shape index (κ1) is 39.6. The Labute approximate surface area is 295 Å². The Morgan fingerprint density at radius 1 is 0.569 bits per heavy atom. The van der Waals surface area contributed by atoms with Crippen LogP contribution in [0.4, 0.5) is 4.79 Å². The first-order valence-corrected chi connectivity index (χ1v) is 15.9. The van der Waals surface area contributed by atoms with Crippen LogP contribution in [0.5, 0.6) is 28.7 Å². The van der Waals surface area contributed by atoms with Gasteiger partial charge in [-0.15, -0.1) is 0 Å². The number of hydrogen-bond acceptors (Lipinski definition) is 14. The van der Waals surface area contributed by atoms with Crippen LogP contribution < -0.4 is 23.7 Å². The maximum Gasteiger partial charge on any atom is 0.513 e. The number of esters is 3. The van der Waals surface area contributed by atoms with Crippen molar-refractivity contribution in [3.8, 4) is 28.7 Å². The van der Waals surface area contributed by atoms with Crippen LogP contribution in [0.15, 0.2) is 92.0 Å². The Morgan fingerprint density at radius 3 is 1.67 bits per heavy atom. The fourth-order valence-electron chi connectivity index (χ4n) is 3.84. The molecule has 51 heavy (non-hydrogen) atoms. The summed E-state index contributed by atoms with van der Waals surface area (Å²) in [5.74, 6) is 0.558. The third-order valence-electron chi connectivity index (χ3n) is 6.47. The summed E-state index contributed by atoms with van der Waals surface area (Å²) in [5, 5.41) is 0. The lowest BCUT2D eigenvalue weighted by molar-refractivity contribution is -0.323. The molecule has 3 aromatic carbocycles. The highest BCUT2D eigenvalue weighted by atomic mass is 17.2. The van der Waals surface area contributed by atoms with Crippen molar-refractivity contribution in [1.82, 2.24) is 0 Å². The zero-order chi connectivity index (χ0) is 36.7. The maximum atomic E-state index is 12.7. The van der Waals surface area contributed by atoms with Gasteiger partial charge in [0.1, 0.15) is 28.7 Å². The van der Waals surface area contributed by atoms with E-state index in [-0.39, 0.29) is 44.7 Å². The predicted octanol–water partition coefficient (Wildman–Crippen LogP) is 6.45. The highest BCUT2D eigenvalue weighted by molar-refractivity contribution is 5.91. The molecule has 0 aliphatic heterocycles. The van der Waals surface area contributed by atoms with Crippen molar-refractivity contribution >= 4 is 24.1 Å². The third kappa shape index (κ3) is 15.9. The monoisotopic (exact) mass is 708 g/mol. The fourth-order valence-corrected chi connectivity index (χ4v) is 3.84. The lowest BCUT2D eigenvalue weighted by Gasteiger charge is -2.12. The molecule has 272 valence electrons. The molecule has 0 fully saturated rings. The van der Waals surface area contributed by atoms with Crippen LogP contribution in [0.25, 0.3) is 0 Å². The zero-order valence-corrected chi connectivity index (χ0v) is 28.2. The third-order valence-corrected chi connectivity index (χ3v) is 6.47. The van der Waals surface area contributed by atoms with Crippen molar-refractivity contribution < 1.29 is 66.8 Å². The van der Waals surface area contributed by atoms with Gasteiger partial charge in [0, 0.05) is 12.2 Å². The number of unbranched alkanes of at least 4 members (excludes halogenated alkanes) is 2. The van der Waals surface area contributed by atoms with E-state index < -0.39 is 24.1 Å². The molecule has 0 aromatic heterocycles. The number of carbonyl (C=O) groups excluding carboxylic acids is 4. The Bertz CT molecular complexity index is 1570. The van der Waals surface area contributed by atoms with Gasteiger partial charge in [-0.25, -0.2) is 24.1 Å². The van der Waals surface area contributed by atoms with Crippen molar-refractivity contribution in [1.29, 1.82) is 0 Å². The number of hydrogen-bond donors (Lipinski definition) is 0. The number of aryl methyl sites for hydroxylation is 1. The summed E-state index contributed by atoms with van der Waals surface area (Å²) >= 11 is 0. The summed E-state index contributed by atoms with van der Waals surface area (Å²) < 4.78 is 42.1. The first-order valence-electron chi connectivity index (χ1n) is 15.9. The number of carbonyl (C=O) groups is 4. The van der Waals surface area contributed by atoms with Gasteiger partial charge in [0.15, 0.2) is 0 Å². The van der Waals surface area contributed by atoms with E-state index in [2.05, 4.69) is 13.2 Å². The quantitative estimate of drug-likeness (QED) is 0.0122. The molecule has 0 amide bonds. The second kappa shape index (κ2) is 22.7. The molecule has 0 spiro atoms. The lowest BCUT2D eigenvalue weighted by Crippen LogP contribution is -2.13. The molecule has 14 heteroatoms. The van der Waals surface area contributed by atoms with Crippen LogP contribution in [-0.4, -0.2) is 64.1 Å². The van der Waals surface area contributed by atoms with Gasteiger partial charge in [0.05, 0.1) is 32.0 Å². The SMILES string of the molecule is C=CC(=O)OCCCCOOCOc1ccc(OCOc2ccc(OC(=O)c3ccc(OC(=O)OCCCCOC(=O)C=C)cc3)c(C)c2)cc1. The van der Waals surface area contributed by atoms with Crippen LogP contribution in [0.3, 0.4) is 0 Å². The molecule has 0 aliphatic carbocycles. The molecule has 3 aromatic rings. The van der Waals surface area contributed by atoms with Gasteiger partial charge in [-0.05, 0) is 105 Å². The molecule has 0 saturated heterocycles. The lowest BCUT2D eigenvalue weighted by atomic mass is 10.2. The minimum Gasteiger partial charge on any atom is -0.465 e. The van der Waals surface area contributed by atoms with E-state index in [4.69, 9.17) is 47.7 Å². The van der Waals surface area contributed by atoms with Crippen molar-refractivity contribution in [2.24, 2.45) is 0 Å². The van der Waals surface area contributed by atoms with Gasteiger partial charge in [-0.2, -0.15) is 4.89 Å². The average molecular weight is 709 g/mol. The summed E-state index contributed by atoms with van der Waals surface area (Å²) in [6.45, 7) is 9.11. The smallest absolute Gasteiger partial charge is 0.465 e. The standard InChI is InChI=1S/C37H40O14/c1-4-34(38)42-20-6-7-22-44-37(41)50-31-12-10-28(11-13-31)36(40)51-33-19-18-32(24-27(33)3)46-25-45-29-14-16-30(17-15-29)47-26-49-48-23-9-8-21-43-35(39)5-2/h4-5,10-19,24H,1-2,6-9,20-23,25-26H2,3H3. The van der Waals surface area contributed by atoms with Gasteiger partial charge in [0.25, 0.3) is 0 Å². The predicted molar refractivity (Wildman–Crippen MR) is 180 cm³/mol. The molecule has 0 unspecified atom stereocenters. The second-order valence-electron chi connectivity index (χ2n) is 10.3. The van der Waals surface area contributed by atoms with Gasteiger partial charge in [-0.1, -0.05) is 13.2 Å². The molecule has 0 bridgehead atoms. The molecular weight excluding hydrogens is 668 g/mol. The summed E-state index contributed by atoms with van der Waals surface area (Å²) in [4.78, 5) is 56.5. The van der Waals surface area contributed by atoms with Crippen molar-refractivity contribution in [2.75, 3.05) is 40.0 Å². The van der Waals surface area contributed by atoms with Crippen molar-refractivity contribution in [2.45, 2.75) is 32.6 Å². The molecule has 14 nitrogen and oxygen atoms in total. The molecule has 3 rings (SSSR count). The summed E-state index contributed by atoms with van der Waals surface area (Å²) in [6.07, 6.45) is 3.56. The van der Waals surface area contributed by atoms with Crippen molar-refractivity contribution in [3.63, 3.8) is 0 Å². The maximum absolute atomic E-state index is 12.7. The van der Waals surface area contributed by atoms with Crippen LogP contribution >= 0.6 is 0 Å². The fraction of sp³-hybridized carbons (Fsp3) is 0.297. The zero-order valence-electron chi connectivity index (χ0n) is 28.2. The number of benzene rings is 3. The highest BCUT2D eigenvalue weighted by Gasteiger charge is 2.13. The number of ether oxygens (including phenoxy) is 8. The average Bonchev–Trinajstić information content (AvgIpc) is 3.14. The van der Waals surface area contributed by atoms with Crippen LogP contribution in [0.1, 0.15) is 41.6 Å². The minimum absolute atomic E-state index is 0.0717. The molecule has 0 aliphatic rings. The summed E-state index contributed by atoms with van der Waals surface area (Å²) in [6, 6.07) is 17.6. The molecular formula is C37H40O14. The van der Waals surface area contributed by atoms with E-state index >= 15 is 0 Å². The van der Waals surface area contributed by atoms with E-state index in [1.165, 1.54) is 24.3 Å². The van der Waals surface area contributed by atoms with E-state index in [0.717, 1.165) is 12.2 Å². The Hall–Kier alpha value is -5.86. The van der Waals surface area contributed by atoms with Gasteiger partial charge in [-0.3, -0.25) is 0 Å². The second-order valence-corrected chi connectivity index (χ2v) is 10.3. The molecule has 0 radical (unpaired) electrons.